The van der Waals surface area contributed by atoms with Crippen molar-refractivity contribution in [2.45, 2.75) is 0 Å². The van der Waals surface area contributed by atoms with Crippen LogP contribution in [-0.2, 0) is 52.3 Å². The minimum atomic E-state index is 0. The maximum absolute atomic E-state index is 0. The molecule has 0 amide bonds. The molecule has 6 heteroatoms. The Labute approximate surface area is 121 Å². The van der Waals surface area contributed by atoms with E-state index in [1.807, 2.05) is 0 Å². The van der Waals surface area contributed by atoms with E-state index in [1.165, 1.54) is 0 Å². The van der Waals surface area contributed by atoms with Crippen LogP contribution < -0.4 is 0 Å². The molecule has 0 bridgehead atoms. The molecule has 0 fully saturated rings. The summed E-state index contributed by atoms with van der Waals surface area (Å²) < 4.78 is 0. The molecule has 0 unspecified atom stereocenters. The van der Waals surface area contributed by atoms with E-state index in [0.717, 1.165) is 0 Å². The molecule has 0 spiro atoms. The molecule has 0 aliphatic heterocycles. The third kappa shape index (κ3) is 24.8. The molecular weight excluding hydrogens is 589 g/mol. The Hall–Kier alpha value is 3.86. The smallest absolute Gasteiger partial charge is 2.00 e. The molecule has 0 aromatic rings. The number of hydrogen-bond donors (Lipinski definition) is 0. The van der Waals surface area contributed by atoms with Gasteiger partial charge in [-0.15, -0.1) is 0 Å². The summed E-state index contributed by atoms with van der Waals surface area (Å²) >= 11 is 0. The molecule has 1 nitrogen and oxygen atoms in total. The van der Waals surface area contributed by atoms with Gasteiger partial charge in [-0.05, 0) is 0 Å². The van der Waals surface area contributed by atoms with Gasteiger partial charge in [-0.1, -0.05) is 0 Å². The van der Waals surface area contributed by atoms with E-state index >= 15 is 0 Å². The molecule has 21 valence electrons. The first-order valence-corrected chi connectivity index (χ1v) is 0. The number of rotatable bonds is 0. The summed E-state index contributed by atoms with van der Waals surface area (Å²) in [7, 11) is 0. The second-order valence-electron chi connectivity index (χ2n) is 0. The zero-order valence-corrected chi connectivity index (χ0v) is 19.6. The number of hydrogen-bond acceptors (Lipinski definition) is 0. The Kier molecular flexibility index (Phi) is 318. The van der Waals surface area contributed by atoms with Crippen LogP contribution in [0.2, 0.25) is 0 Å². The summed E-state index contributed by atoms with van der Waals surface area (Å²) in [6.45, 7) is 0. The minimum Gasteiger partial charge on any atom is -2.00 e. The summed E-state index contributed by atoms with van der Waals surface area (Å²) in [4.78, 5) is 0. The molecule has 0 heterocycles. The Morgan fingerprint density at radius 3 is 1.00 bits per heavy atom. The fraction of sp³-hybridized carbons (Fsp3) is 0. The van der Waals surface area contributed by atoms with Gasteiger partial charge >= 0.3 is 27.3 Å². The monoisotopic (exact) mass is 591 g/mol. The van der Waals surface area contributed by atoms with Gasteiger partial charge in [0.2, 0.25) is 0 Å². The van der Waals surface area contributed by atoms with Crippen LogP contribution in [0.4, 0.5) is 0 Å². The Morgan fingerprint density at radius 1 is 1.00 bits per heavy atom. The summed E-state index contributed by atoms with van der Waals surface area (Å²) in [5, 5.41) is 0. The van der Waals surface area contributed by atoms with E-state index in [2.05, 4.69) is 0 Å². The third-order valence-corrected chi connectivity index (χ3v) is 0. The van der Waals surface area contributed by atoms with E-state index in [9.17, 15) is 0 Å². The van der Waals surface area contributed by atoms with E-state index in [0.29, 0.717) is 0 Å². The standard InChI is InChI=1S/Cd.Ga.O.Pb.Sn.Zn/q;;-2;+2;;. The van der Waals surface area contributed by atoms with Crippen LogP contribution in [0.25, 0.3) is 0 Å². The van der Waals surface area contributed by atoms with Crippen LogP contribution in [0.5, 0.6) is 0 Å². The molecule has 0 N–H and O–H groups in total. The molecule has 0 atom stereocenters. The maximum Gasteiger partial charge on any atom is 2.00 e. The molecule has 0 aromatic heterocycles. The predicted octanol–water partition coefficient (Wildman–Crippen LogP) is -1.27. The summed E-state index contributed by atoms with van der Waals surface area (Å²) in [6.07, 6.45) is 0. The summed E-state index contributed by atoms with van der Waals surface area (Å²) in [5.41, 5.74) is 0. The van der Waals surface area contributed by atoms with Crippen molar-refractivity contribution in [2.24, 2.45) is 0 Å². The van der Waals surface area contributed by atoms with Gasteiger partial charge in [-0.25, -0.2) is 0 Å². The van der Waals surface area contributed by atoms with E-state index in [1.54, 1.807) is 0 Å². The van der Waals surface area contributed by atoms with Crippen LogP contribution in [0.3, 0.4) is 0 Å². The molecular formula is CdGaOPbSnZn. The van der Waals surface area contributed by atoms with Gasteiger partial charge in [0.1, 0.15) is 0 Å². The van der Waals surface area contributed by atoms with Crippen molar-refractivity contribution in [3.63, 3.8) is 0 Å². The first kappa shape index (κ1) is 51.9. The summed E-state index contributed by atoms with van der Waals surface area (Å²) in [6, 6.07) is 0. The van der Waals surface area contributed by atoms with Crippen molar-refractivity contribution in [1.82, 2.24) is 0 Å². The van der Waals surface area contributed by atoms with Crippen molar-refractivity contribution >= 4 is 71.0 Å². The van der Waals surface area contributed by atoms with Gasteiger partial charge < -0.3 is 5.48 Å². The Morgan fingerprint density at radius 2 is 1.00 bits per heavy atom. The fourth-order valence-electron chi connectivity index (χ4n) is 0. The van der Waals surface area contributed by atoms with Crippen molar-refractivity contribution in [3.05, 3.63) is 0 Å². The van der Waals surface area contributed by atoms with Crippen LogP contribution in [0.1, 0.15) is 0 Å². The van der Waals surface area contributed by atoms with E-state index in [-0.39, 0.29) is 123 Å². The van der Waals surface area contributed by atoms with Gasteiger partial charge in [-0.3, -0.25) is 0 Å². The summed E-state index contributed by atoms with van der Waals surface area (Å²) in [5.74, 6) is 0. The van der Waals surface area contributed by atoms with Crippen molar-refractivity contribution in [2.75, 3.05) is 0 Å². The topological polar surface area (TPSA) is 28.5 Å². The molecule has 0 aliphatic rings. The van der Waals surface area contributed by atoms with Crippen molar-refractivity contribution in [3.8, 4) is 0 Å². The average molecular weight is 589 g/mol. The zero-order valence-electron chi connectivity index (χ0n) is 3.40. The first-order valence-electron chi connectivity index (χ1n) is 0. The quantitative estimate of drug-likeness (QED) is 0.316. The van der Waals surface area contributed by atoms with Gasteiger partial charge in [0.15, 0.2) is 0 Å². The molecule has 0 rings (SSSR count). The fourth-order valence-corrected chi connectivity index (χ4v) is 0. The first-order chi connectivity index (χ1) is 0. The minimum absolute atomic E-state index is 0. The predicted molar refractivity (Wildman–Crippen MR) is 17.9 cm³/mol. The molecule has 6 heavy (non-hydrogen) atoms. The van der Waals surface area contributed by atoms with Crippen molar-refractivity contribution in [1.29, 1.82) is 0 Å². The van der Waals surface area contributed by atoms with E-state index in [4.69, 9.17) is 0 Å². The normalized spacial score (nSPS) is 0. The molecule has 0 aromatic carbocycles. The average Bonchev–Trinajstić information content (AvgIpc) is 0. The Bertz CT molecular complexity index is 15.5. The second-order valence-corrected chi connectivity index (χ2v) is 0. The maximum atomic E-state index is 0. The largest absolute Gasteiger partial charge is 2.00 e. The molecule has 0 saturated carbocycles. The van der Waals surface area contributed by atoms with Gasteiger partial charge in [-0.2, -0.15) is 0 Å². The third-order valence-electron chi connectivity index (χ3n) is 0. The van der Waals surface area contributed by atoms with Crippen LogP contribution in [0, 0.1) is 0 Å². The van der Waals surface area contributed by atoms with Gasteiger partial charge in [0.05, 0.1) is 0 Å². The van der Waals surface area contributed by atoms with Crippen LogP contribution >= 0.6 is 0 Å². The zero-order chi connectivity index (χ0) is 0. The molecule has 0 aliphatic carbocycles. The van der Waals surface area contributed by atoms with Gasteiger partial charge in [0, 0.05) is 90.5 Å². The van der Waals surface area contributed by atoms with Crippen LogP contribution in [-0.4, -0.2) is 71.0 Å². The SMILES string of the molecule is [Cd].[Ga].[O-2].[Pb+2].[Sn].[Zn]. The molecule has 9 radical (unpaired) electrons. The molecule has 0 saturated heterocycles. The second kappa shape index (κ2) is 36.7. The Balaban J connectivity index is 0. The van der Waals surface area contributed by atoms with Gasteiger partial charge in [0.25, 0.3) is 0 Å². The van der Waals surface area contributed by atoms with Crippen molar-refractivity contribution < 1.29 is 52.3 Å². The van der Waals surface area contributed by atoms with Crippen LogP contribution in [0.15, 0.2) is 0 Å². The van der Waals surface area contributed by atoms with E-state index < -0.39 is 0 Å².